The molecule has 0 saturated carbocycles. The van der Waals surface area contributed by atoms with Gasteiger partial charge in [0.15, 0.2) is 18.0 Å². The minimum Gasteiger partial charge on any atom is -0.450 e. The fraction of sp³-hybridized carbons (Fsp3) is 0.698. The van der Waals surface area contributed by atoms with Crippen LogP contribution in [0.1, 0.15) is 78.6 Å². The van der Waals surface area contributed by atoms with Crippen LogP contribution in [0.3, 0.4) is 0 Å². The van der Waals surface area contributed by atoms with E-state index in [0.29, 0.717) is 61.7 Å². The highest BCUT2D eigenvalue weighted by molar-refractivity contribution is 5.79. The molecule has 0 aromatic heterocycles. The largest absolute Gasteiger partial charge is 0.450 e. The Morgan fingerprint density at radius 1 is 0.818 bits per heavy atom. The van der Waals surface area contributed by atoms with Crippen molar-refractivity contribution in [1.82, 2.24) is 0 Å². The highest BCUT2D eigenvalue weighted by atomic mass is 16.7. The number of esters is 1. The quantitative estimate of drug-likeness (QED) is 0.171. The van der Waals surface area contributed by atoms with Crippen LogP contribution in [0.2, 0.25) is 0 Å². The molecule has 55 heavy (non-hydrogen) atoms. The number of aliphatic hydroxyl groups is 4. The highest BCUT2D eigenvalue weighted by Gasteiger charge is 2.55. The predicted molar refractivity (Wildman–Crippen MR) is 201 cm³/mol. The average molecular weight is 769 g/mol. The third-order valence-electron chi connectivity index (χ3n) is 13.3. The molecule has 9 bridgehead atoms. The first-order valence-electron chi connectivity index (χ1n) is 20.1. The zero-order valence-corrected chi connectivity index (χ0v) is 32.4. The van der Waals surface area contributed by atoms with Gasteiger partial charge in [-0.15, -0.1) is 0 Å². The summed E-state index contributed by atoms with van der Waals surface area (Å²) in [5, 5.41) is 45.8. The molecule has 17 unspecified atom stereocenters. The average Bonchev–Trinajstić information content (AvgIpc) is 3.66. The molecule has 1 spiro atoms. The maximum absolute atomic E-state index is 14.2. The van der Waals surface area contributed by atoms with E-state index in [-0.39, 0.29) is 55.7 Å². The number of cyclic esters (lactones) is 1. The van der Waals surface area contributed by atoms with Crippen molar-refractivity contribution in [2.75, 3.05) is 6.61 Å². The number of carbonyl (C=O) groups is 1. The first-order chi connectivity index (χ1) is 26.1. The second-order valence-electron chi connectivity index (χ2n) is 17.0. The molecule has 304 valence electrons. The van der Waals surface area contributed by atoms with Crippen molar-refractivity contribution in [2.24, 2.45) is 17.8 Å². The molecule has 7 aliphatic rings. The van der Waals surface area contributed by atoms with Gasteiger partial charge >= 0.3 is 5.97 Å². The molecule has 12 nitrogen and oxygen atoms in total. The van der Waals surface area contributed by atoms with Gasteiger partial charge in [0.25, 0.3) is 0 Å². The van der Waals surface area contributed by atoms with E-state index >= 15 is 0 Å². The number of carbonyl (C=O) groups excluding carboxylic acids is 1. The summed E-state index contributed by atoms with van der Waals surface area (Å²) in [6.07, 6.45) is 1.50. The molecule has 7 rings (SSSR count). The second kappa shape index (κ2) is 16.0. The Balaban J connectivity index is 1.23. The van der Waals surface area contributed by atoms with Gasteiger partial charge in [0.1, 0.15) is 24.4 Å². The number of hydrogen-bond donors (Lipinski definition) is 4. The Kier molecular flexibility index (Phi) is 11.9. The smallest absolute Gasteiger partial charge is 0.340 e. The van der Waals surface area contributed by atoms with Crippen molar-refractivity contribution < 1.29 is 58.4 Å². The molecular formula is C43H60O12. The van der Waals surface area contributed by atoms with E-state index in [9.17, 15) is 25.2 Å². The molecule has 12 heteroatoms. The number of ether oxygens (including phenoxy) is 7. The van der Waals surface area contributed by atoms with E-state index in [2.05, 4.69) is 32.4 Å². The lowest BCUT2D eigenvalue weighted by molar-refractivity contribution is -0.317. The van der Waals surface area contributed by atoms with E-state index < -0.39 is 72.3 Å². The van der Waals surface area contributed by atoms with Crippen molar-refractivity contribution in [3.8, 4) is 0 Å². The molecule has 0 aliphatic carbocycles. The highest BCUT2D eigenvalue weighted by Crippen LogP contribution is 2.49. The Labute approximate surface area is 324 Å². The third-order valence-corrected chi connectivity index (χ3v) is 13.3. The molecule has 4 N–H and O–H groups in total. The number of rotatable bonds is 1. The summed E-state index contributed by atoms with van der Waals surface area (Å²) in [6.45, 7) is 23.0. The minimum absolute atomic E-state index is 0.0277. The van der Waals surface area contributed by atoms with Gasteiger partial charge in [0.2, 0.25) is 5.79 Å². The summed E-state index contributed by atoms with van der Waals surface area (Å²) < 4.78 is 45.2. The summed E-state index contributed by atoms with van der Waals surface area (Å²) in [7, 11) is 0. The van der Waals surface area contributed by atoms with Gasteiger partial charge in [0, 0.05) is 12.3 Å². The molecule has 0 amide bonds. The summed E-state index contributed by atoms with van der Waals surface area (Å²) >= 11 is 0. The third kappa shape index (κ3) is 7.77. The van der Waals surface area contributed by atoms with Crippen molar-refractivity contribution in [3.05, 3.63) is 72.9 Å². The van der Waals surface area contributed by atoms with Crippen molar-refractivity contribution in [3.63, 3.8) is 0 Å². The maximum atomic E-state index is 14.2. The molecule has 17 atom stereocenters. The number of aliphatic hydroxyl groups excluding tert-OH is 3. The Morgan fingerprint density at radius 3 is 2.36 bits per heavy atom. The van der Waals surface area contributed by atoms with E-state index in [4.69, 9.17) is 33.2 Å². The SMILES string of the molecule is C=C1CC(O)C2OC1C(=O)OC(C1(O)OCCC(C)C1C)/C=C\CC(O)C(O)C(=C)C1CCC(O1)C1C=CCC(O1)C1CCC(=C)C3(CC(C)C(=C)C2O3)O1. The Bertz CT molecular complexity index is 1570. The van der Waals surface area contributed by atoms with Crippen LogP contribution in [0, 0.1) is 17.8 Å². The summed E-state index contributed by atoms with van der Waals surface area (Å²) in [6, 6.07) is 0. The Morgan fingerprint density at radius 2 is 1.58 bits per heavy atom. The van der Waals surface area contributed by atoms with E-state index in [1.54, 1.807) is 6.08 Å². The maximum Gasteiger partial charge on any atom is 0.340 e. The zero-order valence-electron chi connectivity index (χ0n) is 32.4. The lowest BCUT2D eigenvalue weighted by atomic mass is 9.78. The summed E-state index contributed by atoms with van der Waals surface area (Å²) in [5.41, 5.74) is 2.12. The molecule has 5 fully saturated rings. The van der Waals surface area contributed by atoms with Crippen LogP contribution in [-0.2, 0) is 38.0 Å². The van der Waals surface area contributed by atoms with Gasteiger partial charge in [-0.1, -0.05) is 65.3 Å². The van der Waals surface area contributed by atoms with Crippen LogP contribution in [0.4, 0.5) is 0 Å². The fourth-order valence-electron chi connectivity index (χ4n) is 9.38. The van der Waals surface area contributed by atoms with Crippen LogP contribution in [0.25, 0.3) is 0 Å². The fourth-order valence-corrected chi connectivity index (χ4v) is 9.38. The normalized spacial score (nSPS) is 49.3. The van der Waals surface area contributed by atoms with Crippen molar-refractivity contribution in [2.45, 2.75) is 163 Å². The lowest BCUT2D eigenvalue weighted by Gasteiger charge is -2.53. The molecule has 0 radical (unpaired) electrons. The van der Waals surface area contributed by atoms with Gasteiger partial charge in [-0.05, 0) is 91.6 Å². The number of fused-ring (bicyclic) bond motifs is 11. The van der Waals surface area contributed by atoms with Crippen LogP contribution in [0.5, 0.6) is 0 Å². The first kappa shape index (κ1) is 40.7. The molecule has 0 aromatic rings. The van der Waals surface area contributed by atoms with Gasteiger partial charge in [-0.25, -0.2) is 4.79 Å². The molecular weight excluding hydrogens is 708 g/mol. The van der Waals surface area contributed by atoms with Gasteiger partial charge in [-0.2, -0.15) is 0 Å². The Hall–Kier alpha value is -2.49. The molecule has 5 saturated heterocycles. The van der Waals surface area contributed by atoms with E-state index in [1.807, 2.05) is 26.8 Å². The van der Waals surface area contributed by atoms with Crippen LogP contribution in [-0.4, -0.2) is 118 Å². The van der Waals surface area contributed by atoms with Crippen molar-refractivity contribution in [1.29, 1.82) is 0 Å². The standard InChI is InChI=1S/C43H60O12/c1-22-18-19-49-43(48,28(22)7)36-13-8-10-29(44)37(46)27(6)31-16-17-34(50-31)32-11-9-12-33(51-32)35-15-14-25(4)42(54-35)21-24(3)26(5)39(55-42)40-30(45)20-23(2)38(53-40)41(47)52-36/h8-9,11,13,22,24,28-40,44-46,48H,2,4-6,10,12,14-21H2,1,3,7H3/b13-8-. The van der Waals surface area contributed by atoms with Gasteiger partial charge < -0.3 is 53.6 Å². The summed E-state index contributed by atoms with van der Waals surface area (Å²) in [5.74, 6) is -4.48. The predicted octanol–water partition coefficient (Wildman–Crippen LogP) is 4.27. The molecule has 0 aromatic carbocycles. The first-order valence-corrected chi connectivity index (χ1v) is 20.1. The van der Waals surface area contributed by atoms with Gasteiger partial charge in [-0.3, -0.25) is 0 Å². The summed E-state index contributed by atoms with van der Waals surface area (Å²) in [4.78, 5) is 14.2. The van der Waals surface area contributed by atoms with Crippen LogP contribution < -0.4 is 0 Å². The molecule has 7 aliphatic heterocycles. The minimum atomic E-state index is -1.91. The number of hydrogen-bond acceptors (Lipinski definition) is 12. The lowest BCUT2D eigenvalue weighted by Crippen LogP contribution is -2.60. The van der Waals surface area contributed by atoms with Crippen molar-refractivity contribution >= 4 is 5.97 Å². The van der Waals surface area contributed by atoms with E-state index in [1.165, 1.54) is 6.08 Å². The monoisotopic (exact) mass is 768 g/mol. The van der Waals surface area contributed by atoms with Crippen LogP contribution in [0.15, 0.2) is 72.9 Å². The van der Waals surface area contributed by atoms with E-state index in [0.717, 1.165) is 5.57 Å². The zero-order chi connectivity index (χ0) is 39.4. The van der Waals surface area contributed by atoms with Crippen LogP contribution >= 0.6 is 0 Å². The topological polar surface area (TPSA) is 163 Å². The second-order valence-corrected chi connectivity index (χ2v) is 17.0. The van der Waals surface area contributed by atoms with Gasteiger partial charge in [0.05, 0.1) is 43.2 Å². The molecule has 7 heterocycles.